The number of hydrogen-bond donors (Lipinski definition) is 1. The lowest BCUT2D eigenvalue weighted by Crippen LogP contribution is -2.26. The van der Waals surface area contributed by atoms with Crippen LogP contribution in [0.5, 0.6) is 0 Å². The molecule has 3 aromatic rings. The molecule has 2 heterocycles. The molecule has 0 amide bonds. The Kier molecular flexibility index (Phi) is 5.62. The zero-order valence-electron chi connectivity index (χ0n) is 18.5. The van der Waals surface area contributed by atoms with Gasteiger partial charge in [0.15, 0.2) is 9.84 Å². The van der Waals surface area contributed by atoms with Crippen molar-refractivity contribution in [1.29, 1.82) is 0 Å². The summed E-state index contributed by atoms with van der Waals surface area (Å²) >= 11 is 0. The molecule has 0 bridgehead atoms. The summed E-state index contributed by atoms with van der Waals surface area (Å²) in [5.41, 5.74) is 1.05. The van der Waals surface area contributed by atoms with Gasteiger partial charge in [0.2, 0.25) is 0 Å². The Morgan fingerprint density at radius 1 is 1.23 bits per heavy atom. The number of ether oxygens (including phenoxy) is 1. The molecule has 1 fully saturated rings. The van der Waals surface area contributed by atoms with Gasteiger partial charge in [-0.2, -0.15) is 8.78 Å². The van der Waals surface area contributed by atoms with Gasteiger partial charge in [0.1, 0.15) is 5.82 Å². The van der Waals surface area contributed by atoms with Gasteiger partial charge in [0.05, 0.1) is 16.8 Å². The molecule has 1 atom stereocenters. The number of nitrogens with zero attached hydrogens (tertiary/aromatic N) is 1. The Bertz CT molecular complexity index is 1230. The van der Waals surface area contributed by atoms with Gasteiger partial charge in [-0.25, -0.2) is 12.8 Å². The van der Waals surface area contributed by atoms with Gasteiger partial charge in [0, 0.05) is 39.5 Å². The predicted octanol–water partition coefficient (Wildman–Crippen LogP) is 4.14. The van der Waals surface area contributed by atoms with Crippen molar-refractivity contribution in [3.05, 3.63) is 65.6 Å². The molecule has 166 valence electrons. The molecule has 0 radical (unpaired) electrons. The van der Waals surface area contributed by atoms with Gasteiger partial charge in [-0.3, -0.25) is 0 Å². The Labute approximate surface area is 181 Å². The SMILES string of the molecule is [2H]C([2H])(CN1CC[C@H](OC(F)F)C1)c1c[nH]c2cccc(S(=O)(=O)Cc3ccc(F)cc3)c12. The Balaban J connectivity index is 1.63. The number of rotatable bonds is 8. The van der Waals surface area contributed by atoms with Gasteiger partial charge in [-0.05, 0) is 48.2 Å². The van der Waals surface area contributed by atoms with Crippen molar-refractivity contribution in [3.8, 4) is 0 Å². The van der Waals surface area contributed by atoms with E-state index in [1.54, 1.807) is 17.0 Å². The van der Waals surface area contributed by atoms with Crippen molar-refractivity contribution >= 4 is 20.7 Å². The maximum Gasteiger partial charge on any atom is 0.345 e. The zero-order chi connectivity index (χ0) is 23.8. The molecule has 1 N–H and O–H groups in total. The minimum atomic E-state index is -3.88. The van der Waals surface area contributed by atoms with E-state index in [4.69, 9.17) is 2.74 Å². The van der Waals surface area contributed by atoms with Crippen molar-refractivity contribution in [1.82, 2.24) is 9.88 Å². The number of alkyl halides is 2. The monoisotopic (exact) mass is 454 g/mol. The Morgan fingerprint density at radius 2 is 2.00 bits per heavy atom. The third-order valence-electron chi connectivity index (χ3n) is 5.29. The van der Waals surface area contributed by atoms with Crippen molar-refractivity contribution in [2.24, 2.45) is 0 Å². The second-order valence-electron chi connectivity index (χ2n) is 7.49. The lowest BCUT2D eigenvalue weighted by atomic mass is 10.1. The molecule has 0 aliphatic carbocycles. The van der Waals surface area contributed by atoms with Crippen molar-refractivity contribution in [2.45, 2.75) is 36.2 Å². The molecule has 1 saturated heterocycles. The van der Waals surface area contributed by atoms with Crippen LogP contribution >= 0.6 is 0 Å². The van der Waals surface area contributed by atoms with Crippen LogP contribution < -0.4 is 0 Å². The number of H-pyrrole nitrogens is 1. The minimum absolute atomic E-state index is 0.0233. The normalized spacial score (nSPS) is 19.2. The average molecular weight is 455 g/mol. The molecule has 1 aromatic heterocycles. The highest BCUT2D eigenvalue weighted by Gasteiger charge is 2.26. The zero-order valence-corrected chi connectivity index (χ0v) is 17.3. The van der Waals surface area contributed by atoms with E-state index in [0.29, 0.717) is 24.0 Å². The first kappa shape index (κ1) is 19.3. The van der Waals surface area contributed by atoms with E-state index >= 15 is 0 Å². The topological polar surface area (TPSA) is 62.4 Å². The van der Waals surface area contributed by atoms with Crippen molar-refractivity contribution in [2.75, 3.05) is 19.6 Å². The Morgan fingerprint density at radius 3 is 2.74 bits per heavy atom. The number of nitrogens with one attached hydrogen (secondary N) is 1. The summed E-state index contributed by atoms with van der Waals surface area (Å²) in [4.78, 5) is 4.61. The first-order valence-corrected chi connectivity index (χ1v) is 11.4. The summed E-state index contributed by atoms with van der Waals surface area (Å²) in [5.74, 6) is -0.832. The standard InChI is InChI=1S/C22H23F3N2O3S/c23-17-6-4-15(5-7-17)14-31(28,29)20-3-1-2-19-21(20)16(12-26-19)8-10-27-11-9-18(13-27)30-22(24)25/h1-7,12,18,22,26H,8-11,13-14H2/t18-/m0/s1/i8D2. The van der Waals surface area contributed by atoms with Gasteiger partial charge in [-0.15, -0.1) is 0 Å². The van der Waals surface area contributed by atoms with Gasteiger partial charge >= 0.3 is 6.61 Å². The molecular weight excluding hydrogens is 429 g/mol. The van der Waals surface area contributed by atoms with Crippen LogP contribution in [0.15, 0.2) is 53.6 Å². The number of halogens is 3. The lowest BCUT2D eigenvalue weighted by Gasteiger charge is -2.16. The van der Waals surface area contributed by atoms with Gasteiger partial charge in [-0.1, -0.05) is 18.2 Å². The third kappa shape index (κ3) is 5.11. The highest BCUT2D eigenvalue weighted by molar-refractivity contribution is 7.90. The van der Waals surface area contributed by atoms with Crippen molar-refractivity contribution in [3.63, 3.8) is 0 Å². The largest absolute Gasteiger partial charge is 0.361 e. The molecule has 5 nitrogen and oxygen atoms in total. The summed E-state index contributed by atoms with van der Waals surface area (Å²) in [6.07, 6.45) is -0.814. The smallest absolute Gasteiger partial charge is 0.345 e. The van der Waals surface area contributed by atoms with E-state index in [2.05, 4.69) is 9.72 Å². The molecule has 2 aromatic carbocycles. The van der Waals surface area contributed by atoms with E-state index in [1.165, 1.54) is 36.5 Å². The van der Waals surface area contributed by atoms with E-state index in [-0.39, 0.29) is 34.7 Å². The number of aromatic nitrogens is 1. The maximum absolute atomic E-state index is 13.2. The molecule has 0 spiro atoms. The summed E-state index contributed by atoms with van der Waals surface area (Å²) in [6, 6.07) is 9.83. The summed E-state index contributed by atoms with van der Waals surface area (Å²) in [7, 11) is -3.88. The number of likely N-dealkylation sites (tertiary alicyclic amines) is 1. The van der Waals surface area contributed by atoms with Crippen LogP contribution in [-0.2, 0) is 26.7 Å². The number of hydrogen-bond acceptors (Lipinski definition) is 4. The first-order chi connectivity index (χ1) is 15.5. The average Bonchev–Trinajstić information content (AvgIpc) is 3.35. The molecular formula is C22H23F3N2O3S. The van der Waals surface area contributed by atoms with Crippen LogP contribution in [0, 0.1) is 5.82 Å². The van der Waals surface area contributed by atoms with Crippen LogP contribution in [0.25, 0.3) is 10.9 Å². The highest BCUT2D eigenvalue weighted by Crippen LogP contribution is 2.29. The predicted molar refractivity (Wildman–Crippen MR) is 111 cm³/mol. The number of fused-ring (bicyclic) bond motifs is 1. The third-order valence-corrected chi connectivity index (χ3v) is 7.01. The fourth-order valence-corrected chi connectivity index (χ4v) is 5.43. The molecule has 4 rings (SSSR count). The second kappa shape index (κ2) is 9.02. The van der Waals surface area contributed by atoms with E-state index in [1.807, 2.05) is 0 Å². The van der Waals surface area contributed by atoms with E-state index in [9.17, 15) is 21.6 Å². The fourth-order valence-electron chi connectivity index (χ4n) is 3.82. The molecule has 1 aliphatic heterocycles. The summed E-state index contributed by atoms with van der Waals surface area (Å²) in [5, 5.41) is 0.254. The number of benzene rings is 2. The highest BCUT2D eigenvalue weighted by atomic mass is 32.2. The first-order valence-electron chi connectivity index (χ1n) is 10.8. The van der Waals surface area contributed by atoms with E-state index in [0.717, 1.165) is 0 Å². The van der Waals surface area contributed by atoms with Crippen LogP contribution in [0.1, 0.15) is 20.3 Å². The lowest BCUT2D eigenvalue weighted by molar-refractivity contribution is -0.158. The minimum Gasteiger partial charge on any atom is -0.361 e. The maximum atomic E-state index is 13.2. The van der Waals surface area contributed by atoms with Crippen LogP contribution in [0.3, 0.4) is 0 Å². The molecule has 1 aliphatic rings. The van der Waals surface area contributed by atoms with Crippen LogP contribution in [-0.4, -0.2) is 50.7 Å². The summed E-state index contributed by atoms with van der Waals surface area (Å²) < 4.78 is 86.5. The number of aromatic amines is 1. The van der Waals surface area contributed by atoms with Crippen LogP contribution in [0.4, 0.5) is 13.2 Å². The summed E-state index contributed by atoms with van der Waals surface area (Å²) in [6.45, 7) is -2.42. The molecule has 0 saturated carbocycles. The van der Waals surface area contributed by atoms with Crippen LogP contribution in [0.2, 0.25) is 0 Å². The molecule has 31 heavy (non-hydrogen) atoms. The second-order valence-corrected chi connectivity index (χ2v) is 9.44. The fraction of sp³-hybridized carbons (Fsp3) is 0.364. The van der Waals surface area contributed by atoms with E-state index < -0.39 is 34.7 Å². The Hall–Kier alpha value is -2.36. The van der Waals surface area contributed by atoms with Crippen molar-refractivity contribution < 1.29 is 29.1 Å². The number of sulfone groups is 1. The molecule has 9 heteroatoms. The quantitative estimate of drug-likeness (QED) is 0.556. The van der Waals surface area contributed by atoms with Gasteiger partial charge < -0.3 is 14.6 Å². The van der Waals surface area contributed by atoms with Gasteiger partial charge in [0.25, 0.3) is 0 Å². The molecule has 0 unspecified atom stereocenters.